The molecule has 0 aliphatic carbocycles. The molecule has 1 amide bonds. The highest BCUT2D eigenvalue weighted by Gasteiger charge is 2.26. The summed E-state index contributed by atoms with van der Waals surface area (Å²) in [7, 11) is 3.16. The van der Waals surface area contributed by atoms with E-state index in [9.17, 15) is 9.59 Å². The number of halogens is 1. The number of aliphatic imine (C=N–C) groups is 1. The molecule has 1 fully saturated rings. The third-order valence-electron chi connectivity index (χ3n) is 4.32. The average molecular weight is 425 g/mol. The van der Waals surface area contributed by atoms with Crippen LogP contribution in [0.25, 0.3) is 0 Å². The second-order valence-electron chi connectivity index (χ2n) is 6.02. The molecule has 0 atom stereocenters. The lowest BCUT2D eigenvalue weighted by atomic mass is 9.97. The van der Waals surface area contributed by atoms with Gasteiger partial charge in [-0.05, 0) is 31.0 Å². The van der Waals surface area contributed by atoms with Crippen molar-refractivity contribution in [1.29, 1.82) is 0 Å². The fourth-order valence-electron chi connectivity index (χ4n) is 2.91. The molecule has 1 saturated heterocycles. The first-order valence-corrected chi connectivity index (χ1v) is 9.41. The van der Waals surface area contributed by atoms with Crippen LogP contribution in [0.1, 0.15) is 23.2 Å². The number of carbonyl (C=O) groups is 2. The fraction of sp³-hybridized carbons (Fsp3) is 0.500. The highest BCUT2D eigenvalue weighted by Crippen LogP contribution is 2.18. The van der Waals surface area contributed by atoms with Gasteiger partial charge in [-0.25, -0.2) is 0 Å². The van der Waals surface area contributed by atoms with Crippen LogP contribution < -0.4 is 10.6 Å². The van der Waals surface area contributed by atoms with Gasteiger partial charge in [0.2, 0.25) is 0 Å². The van der Waals surface area contributed by atoms with Gasteiger partial charge in [-0.2, -0.15) is 0 Å². The van der Waals surface area contributed by atoms with Crippen molar-refractivity contribution in [2.45, 2.75) is 12.8 Å². The van der Waals surface area contributed by atoms with Crippen molar-refractivity contribution in [2.75, 3.05) is 40.3 Å². The number of benzene rings is 1. The van der Waals surface area contributed by atoms with Gasteiger partial charge >= 0.3 is 5.97 Å². The Labute approximate surface area is 162 Å². The van der Waals surface area contributed by atoms with E-state index in [1.807, 2.05) is 12.1 Å². The predicted octanol–water partition coefficient (Wildman–Crippen LogP) is 1.64. The van der Waals surface area contributed by atoms with Crippen LogP contribution in [0.15, 0.2) is 33.7 Å². The topological polar surface area (TPSA) is 83.0 Å². The van der Waals surface area contributed by atoms with Crippen LogP contribution in [0.4, 0.5) is 0 Å². The van der Waals surface area contributed by atoms with Crippen molar-refractivity contribution >= 4 is 33.8 Å². The minimum atomic E-state index is -0.136. The maximum absolute atomic E-state index is 12.1. The maximum atomic E-state index is 12.1. The number of ether oxygens (including phenoxy) is 1. The Morgan fingerprint density at radius 2 is 1.96 bits per heavy atom. The number of hydrogen-bond donors (Lipinski definition) is 2. The van der Waals surface area contributed by atoms with Crippen molar-refractivity contribution in [2.24, 2.45) is 10.9 Å². The average Bonchev–Trinajstić information content (AvgIpc) is 2.67. The minimum Gasteiger partial charge on any atom is -0.469 e. The monoisotopic (exact) mass is 424 g/mol. The molecule has 26 heavy (non-hydrogen) atoms. The predicted molar refractivity (Wildman–Crippen MR) is 104 cm³/mol. The van der Waals surface area contributed by atoms with Gasteiger partial charge in [0, 0.05) is 43.3 Å². The van der Waals surface area contributed by atoms with E-state index >= 15 is 0 Å². The quantitative estimate of drug-likeness (QED) is 0.325. The first-order valence-electron chi connectivity index (χ1n) is 8.62. The standard InChI is InChI=1S/C18H25BrN4O3/c1-20-18(23-10-6-13(7-11-23)17(25)26-2)22-9-8-21-16(24)14-4-3-5-15(19)12-14/h3-5,12-13H,6-11H2,1-2H3,(H,20,22)(H,21,24). The molecule has 142 valence electrons. The molecular formula is C18H25BrN4O3. The number of esters is 1. The van der Waals surface area contributed by atoms with Gasteiger partial charge in [0.1, 0.15) is 0 Å². The van der Waals surface area contributed by atoms with E-state index in [1.54, 1.807) is 19.2 Å². The number of nitrogens with one attached hydrogen (secondary N) is 2. The van der Waals surface area contributed by atoms with Crippen molar-refractivity contribution in [3.63, 3.8) is 0 Å². The molecule has 1 aliphatic heterocycles. The molecule has 2 rings (SSSR count). The van der Waals surface area contributed by atoms with Crippen molar-refractivity contribution < 1.29 is 14.3 Å². The summed E-state index contributed by atoms with van der Waals surface area (Å²) in [5.74, 6) is 0.508. The molecule has 1 aromatic rings. The molecule has 1 heterocycles. The molecule has 2 N–H and O–H groups in total. The smallest absolute Gasteiger partial charge is 0.308 e. The summed E-state index contributed by atoms with van der Waals surface area (Å²) >= 11 is 3.36. The molecule has 1 aromatic carbocycles. The zero-order valence-electron chi connectivity index (χ0n) is 15.1. The normalized spacial score (nSPS) is 15.5. The van der Waals surface area contributed by atoms with Crippen LogP contribution in [0, 0.1) is 5.92 Å². The summed E-state index contributed by atoms with van der Waals surface area (Å²) in [6.07, 6.45) is 1.51. The van der Waals surface area contributed by atoms with Crippen molar-refractivity contribution in [3.05, 3.63) is 34.3 Å². The van der Waals surface area contributed by atoms with Crippen LogP contribution in [-0.4, -0.2) is 63.1 Å². The molecule has 0 aromatic heterocycles. The highest BCUT2D eigenvalue weighted by atomic mass is 79.9. The van der Waals surface area contributed by atoms with E-state index < -0.39 is 0 Å². The number of amides is 1. The van der Waals surface area contributed by atoms with Gasteiger partial charge < -0.3 is 20.3 Å². The van der Waals surface area contributed by atoms with Crippen molar-refractivity contribution in [1.82, 2.24) is 15.5 Å². The lowest BCUT2D eigenvalue weighted by Crippen LogP contribution is -2.48. The number of nitrogens with zero attached hydrogens (tertiary/aromatic N) is 2. The maximum Gasteiger partial charge on any atom is 0.308 e. The van der Waals surface area contributed by atoms with E-state index in [-0.39, 0.29) is 17.8 Å². The summed E-state index contributed by atoms with van der Waals surface area (Å²) in [6.45, 7) is 2.57. The molecule has 0 unspecified atom stereocenters. The molecule has 0 saturated carbocycles. The summed E-state index contributed by atoms with van der Waals surface area (Å²) < 4.78 is 5.69. The number of likely N-dealkylation sites (tertiary alicyclic amines) is 1. The third kappa shape index (κ3) is 5.72. The molecule has 0 radical (unpaired) electrons. The molecular weight excluding hydrogens is 400 g/mol. The molecule has 7 nitrogen and oxygen atoms in total. The van der Waals surface area contributed by atoms with Crippen LogP contribution >= 0.6 is 15.9 Å². The van der Waals surface area contributed by atoms with Gasteiger partial charge in [-0.3, -0.25) is 14.6 Å². The van der Waals surface area contributed by atoms with E-state index in [1.165, 1.54) is 7.11 Å². The highest BCUT2D eigenvalue weighted by molar-refractivity contribution is 9.10. The van der Waals surface area contributed by atoms with Crippen LogP contribution in [0.3, 0.4) is 0 Å². The van der Waals surface area contributed by atoms with Gasteiger partial charge in [0.05, 0.1) is 13.0 Å². The number of hydrogen-bond acceptors (Lipinski definition) is 4. The Morgan fingerprint density at radius 1 is 1.27 bits per heavy atom. The zero-order valence-corrected chi connectivity index (χ0v) is 16.7. The molecule has 0 bridgehead atoms. The summed E-state index contributed by atoms with van der Waals surface area (Å²) in [4.78, 5) is 30.1. The first-order chi connectivity index (χ1) is 12.5. The second-order valence-corrected chi connectivity index (χ2v) is 6.94. The SMILES string of the molecule is CN=C(NCCNC(=O)c1cccc(Br)c1)N1CCC(C(=O)OC)CC1. The lowest BCUT2D eigenvalue weighted by Gasteiger charge is -2.33. The van der Waals surface area contributed by atoms with Crippen LogP contribution in [0.2, 0.25) is 0 Å². The first kappa shape index (κ1) is 20.2. The Hall–Kier alpha value is -2.09. The Kier molecular flexibility index (Phi) is 7.90. The zero-order chi connectivity index (χ0) is 18.9. The number of piperidine rings is 1. The fourth-order valence-corrected chi connectivity index (χ4v) is 3.31. The minimum absolute atomic E-state index is 0.0289. The molecule has 0 spiro atoms. The third-order valence-corrected chi connectivity index (χ3v) is 4.81. The number of carbonyl (C=O) groups excluding carboxylic acids is 2. The van der Waals surface area contributed by atoms with E-state index in [0.717, 1.165) is 36.4 Å². The van der Waals surface area contributed by atoms with Gasteiger partial charge in [0.25, 0.3) is 5.91 Å². The Bertz CT molecular complexity index is 658. The summed E-state index contributed by atoms with van der Waals surface area (Å²) in [5, 5.41) is 6.13. The Morgan fingerprint density at radius 3 is 2.58 bits per heavy atom. The Balaban J connectivity index is 1.73. The molecule has 1 aliphatic rings. The van der Waals surface area contributed by atoms with Gasteiger partial charge in [-0.15, -0.1) is 0 Å². The van der Waals surface area contributed by atoms with E-state index in [0.29, 0.717) is 18.7 Å². The van der Waals surface area contributed by atoms with E-state index in [4.69, 9.17) is 4.74 Å². The van der Waals surface area contributed by atoms with Crippen LogP contribution in [0.5, 0.6) is 0 Å². The summed E-state index contributed by atoms with van der Waals surface area (Å²) in [6, 6.07) is 7.27. The molecule has 8 heteroatoms. The lowest BCUT2D eigenvalue weighted by molar-refractivity contribution is -0.146. The van der Waals surface area contributed by atoms with Crippen molar-refractivity contribution in [3.8, 4) is 0 Å². The number of guanidine groups is 1. The van der Waals surface area contributed by atoms with Gasteiger partial charge in [-0.1, -0.05) is 22.0 Å². The van der Waals surface area contributed by atoms with Gasteiger partial charge in [0.15, 0.2) is 5.96 Å². The number of methoxy groups -OCH3 is 1. The van der Waals surface area contributed by atoms with Crippen LogP contribution in [-0.2, 0) is 9.53 Å². The van der Waals surface area contributed by atoms with E-state index in [2.05, 4.69) is 36.5 Å². The number of rotatable bonds is 5. The second kappa shape index (κ2) is 10.2. The summed E-state index contributed by atoms with van der Waals surface area (Å²) in [5.41, 5.74) is 0.619. The largest absolute Gasteiger partial charge is 0.469 e.